The van der Waals surface area contributed by atoms with Gasteiger partial charge in [0, 0.05) is 6.20 Å². The van der Waals surface area contributed by atoms with E-state index in [4.69, 9.17) is 10.00 Å². The monoisotopic (exact) mass is 264 g/mol. The van der Waals surface area contributed by atoms with Gasteiger partial charge in [0.15, 0.2) is 5.75 Å². The van der Waals surface area contributed by atoms with Gasteiger partial charge in [-0.3, -0.25) is 4.98 Å². The number of aromatic nitrogens is 1. The zero-order chi connectivity index (χ0) is 13.9. The molecule has 2 rings (SSSR count). The van der Waals surface area contributed by atoms with Crippen molar-refractivity contribution in [3.8, 4) is 17.6 Å². The summed E-state index contributed by atoms with van der Waals surface area (Å²) >= 11 is 0. The number of hydrogen-bond donors (Lipinski definition) is 0. The highest BCUT2D eigenvalue weighted by Crippen LogP contribution is 2.38. The molecular weight excluding hydrogens is 257 g/mol. The summed E-state index contributed by atoms with van der Waals surface area (Å²) in [5, 5.41) is 8.85. The molecule has 1 aromatic heterocycles. The highest BCUT2D eigenvalue weighted by atomic mass is 19.4. The van der Waals surface area contributed by atoms with Crippen LogP contribution in [0.5, 0.6) is 11.5 Å². The van der Waals surface area contributed by atoms with Crippen LogP contribution in [0.3, 0.4) is 0 Å². The first kappa shape index (κ1) is 12.9. The van der Waals surface area contributed by atoms with Crippen LogP contribution in [-0.4, -0.2) is 4.98 Å². The second-order valence-electron chi connectivity index (χ2n) is 3.58. The Bertz CT molecular complexity index is 632. The molecule has 1 aromatic carbocycles. The van der Waals surface area contributed by atoms with Crippen molar-refractivity contribution in [3.05, 3.63) is 53.9 Å². The van der Waals surface area contributed by atoms with Crippen LogP contribution in [0.4, 0.5) is 13.2 Å². The van der Waals surface area contributed by atoms with Gasteiger partial charge in [-0.2, -0.15) is 18.4 Å². The minimum absolute atomic E-state index is 0.0123. The predicted molar refractivity (Wildman–Crippen MR) is 60.5 cm³/mol. The molecule has 96 valence electrons. The van der Waals surface area contributed by atoms with Gasteiger partial charge in [0.25, 0.3) is 0 Å². The van der Waals surface area contributed by atoms with E-state index < -0.39 is 11.7 Å². The average molecular weight is 264 g/mol. The fraction of sp³-hybridized carbons (Fsp3) is 0.0769. The number of para-hydroxylation sites is 1. The third kappa shape index (κ3) is 2.83. The molecule has 0 aliphatic carbocycles. The molecule has 0 N–H and O–H groups in total. The second kappa shape index (κ2) is 4.98. The van der Waals surface area contributed by atoms with Crippen LogP contribution < -0.4 is 4.74 Å². The number of rotatable bonds is 2. The Labute approximate surface area is 106 Å². The average Bonchev–Trinajstić information content (AvgIpc) is 2.39. The standard InChI is InChI=1S/C13H7F3N2O/c14-13(15,16)10-3-1-2-4-11(10)19-12-8-18-6-5-9(12)7-17/h1-6,8H. The minimum Gasteiger partial charge on any atom is -0.454 e. The van der Waals surface area contributed by atoms with Crippen LogP contribution in [-0.2, 0) is 6.18 Å². The maximum absolute atomic E-state index is 12.8. The molecule has 2 aromatic rings. The summed E-state index contributed by atoms with van der Waals surface area (Å²) in [4.78, 5) is 3.72. The van der Waals surface area contributed by atoms with E-state index in [2.05, 4.69) is 4.98 Å². The molecule has 0 spiro atoms. The quantitative estimate of drug-likeness (QED) is 0.829. The summed E-state index contributed by atoms with van der Waals surface area (Å²) < 4.78 is 43.5. The molecule has 0 aliphatic heterocycles. The first-order valence-corrected chi connectivity index (χ1v) is 5.20. The topological polar surface area (TPSA) is 45.9 Å². The summed E-state index contributed by atoms with van der Waals surface area (Å²) in [5.41, 5.74) is -0.783. The number of ether oxygens (including phenoxy) is 1. The first-order valence-electron chi connectivity index (χ1n) is 5.20. The van der Waals surface area contributed by atoms with Crippen LogP contribution in [0.2, 0.25) is 0 Å². The number of alkyl halides is 3. The second-order valence-corrected chi connectivity index (χ2v) is 3.58. The van der Waals surface area contributed by atoms with Crippen LogP contribution in [0.1, 0.15) is 11.1 Å². The molecular formula is C13H7F3N2O. The van der Waals surface area contributed by atoms with Crippen LogP contribution in [0, 0.1) is 11.3 Å². The van der Waals surface area contributed by atoms with E-state index in [0.717, 1.165) is 6.07 Å². The molecule has 0 amide bonds. The number of hydrogen-bond acceptors (Lipinski definition) is 3. The van der Waals surface area contributed by atoms with Crippen LogP contribution in [0.25, 0.3) is 0 Å². The Hall–Kier alpha value is -2.55. The van der Waals surface area contributed by atoms with E-state index in [1.807, 2.05) is 6.07 Å². The molecule has 3 nitrogen and oxygen atoms in total. The Morgan fingerprint density at radius 2 is 1.84 bits per heavy atom. The molecule has 0 saturated carbocycles. The van der Waals surface area contributed by atoms with Gasteiger partial charge in [-0.25, -0.2) is 0 Å². The van der Waals surface area contributed by atoms with Crippen molar-refractivity contribution in [1.82, 2.24) is 4.98 Å². The highest BCUT2D eigenvalue weighted by molar-refractivity contribution is 5.45. The summed E-state index contributed by atoms with van der Waals surface area (Å²) in [7, 11) is 0. The highest BCUT2D eigenvalue weighted by Gasteiger charge is 2.34. The summed E-state index contributed by atoms with van der Waals surface area (Å²) in [6.07, 6.45) is -1.96. The Morgan fingerprint density at radius 1 is 1.11 bits per heavy atom. The van der Waals surface area contributed by atoms with Crippen molar-refractivity contribution in [2.24, 2.45) is 0 Å². The van der Waals surface area contributed by atoms with Crippen molar-refractivity contribution < 1.29 is 17.9 Å². The van der Waals surface area contributed by atoms with Crippen LogP contribution >= 0.6 is 0 Å². The third-order valence-corrected chi connectivity index (χ3v) is 2.32. The molecule has 0 saturated heterocycles. The van der Waals surface area contributed by atoms with Gasteiger partial charge in [-0.1, -0.05) is 12.1 Å². The van der Waals surface area contributed by atoms with E-state index >= 15 is 0 Å². The number of nitriles is 1. The fourth-order valence-electron chi connectivity index (χ4n) is 1.46. The van der Waals surface area contributed by atoms with E-state index in [1.54, 1.807) is 0 Å². The number of halogens is 3. The van der Waals surface area contributed by atoms with Gasteiger partial charge in [0.2, 0.25) is 0 Å². The molecule has 1 heterocycles. The molecule has 0 fully saturated rings. The lowest BCUT2D eigenvalue weighted by molar-refractivity contribution is -0.138. The Balaban J connectivity index is 2.43. The SMILES string of the molecule is N#Cc1ccncc1Oc1ccccc1C(F)(F)F. The van der Waals surface area contributed by atoms with E-state index in [-0.39, 0.29) is 17.1 Å². The number of nitrogens with zero attached hydrogens (tertiary/aromatic N) is 2. The minimum atomic E-state index is -4.52. The first-order chi connectivity index (χ1) is 9.02. The summed E-state index contributed by atoms with van der Waals surface area (Å²) in [6, 6.07) is 7.99. The zero-order valence-electron chi connectivity index (χ0n) is 9.48. The molecule has 0 atom stereocenters. The summed E-state index contributed by atoms with van der Waals surface area (Å²) in [5.74, 6) is -0.374. The number of benzene rings is 1. The van der Waals surface area contributed by atoms with Gasteiger partial charge in [-0.15, -0.1) is 0 Å². The van der Waals surface area contributed by atoms with Gasteiger partial charge >= 0.3 is 6.18 Å². The maximum Gasteiger partial charge on any atom is 0.419 e. The van der Waals surface area contributed by atoms with Crippen molar-refractivity contribution in [2.75, 3.05) is 0 Å². The molecule has 0 bridgehead atoms. The van der Waals surface area contributed by atoms with Crippen molar-refractivity contribution in [3.63, 3.8) is 0 Å². The zero-order valence-corrected chi connectivity index (χ0v) is 9.48. The molecule has 6 heteroatoms. The van der Waals surface area contributed by atoms with Gasteiger partial charge in [-0.05, 0) is 18.2 Å². The largest absolute Gasteiger partial charge is 0.454 e. The van der Waals surface area contributed by atoms with Gasteiger partial charge in [0.1, 0.15) is 11.8 Å². The number of pyridine rings is 1. The summed E-state index contributed by atoms with van der Waals surface area (Å²) in [6.45, 7) is 0. The lowest BCUT2D eigenvalue weighted by Crippen LogP contribution is -2.07. The lowest BCUT2D eigenvalue weighted by Gasteiger charge is -2.13. The van der Waals surface area contributed by atoms with E-state index in [1.165, 1.54) is 36.7 Å². The van der Waals surface area contributed by atoms with E-state index in [9.17, 15) is 13.2 Å². The molecule has 0 radical (unpaired) electrons. The molecule has 19 heavy (non-hydrogen) atoms. The van der Waals surface area contributed by atoms with Crippen molar-refractivity contribution in [1.29, 1.82) is 5.26 Å². The third-order valence-electron chi connectivity index (χ3n) is 2.32. The van der Waals surface area contributed by atoms with Crippen molar-refractivity contribution >= 4 is 0 Å². The van der Waals surface area contributed by atoms with Gasteiger partial charge < -0.3 is 4.74 Å². The van der Waals surface area contributed by atoms with Crippen LogP contribution in [0.15, 0.2) is 42.7 Å². The normalized spacial score (nSPS) is 10.8. The Morgan fingerprint density at radius 3 is 2.53 bits per heavy atom. The maximum atomic E-state index is 12.8. The van der Waals surface area contributed by atoms with Crippen molar-refractivity contribution in [2.45, 2.75) is 6.18 Å². The Kier molecular flexibility index (Phi) is 3.38. The predicted octanol–water partition coefficient (Wildman–Crippen LogP) is 3.76. The van der Waals surface area contributed by atoms with Gasteiger partial charge in [0.05, 0.1) is 17.3 Å². The fourth-order valence-corrected chi connectivity index (χ4v) is 1.46. The van der Waals surface area contributed by atoms with E-state index in [0.29, 0.717) is 0 Å². The smallest absolute Gasteiger partial charge is 0.419 e. The lowest BCUT2D eigenvalue weighted by atomic mass is 10.2. The molecule has 0 unspecified atom stereocenters. The molecule has 0 aliphatic rings.